The lowest BCUT2D eigenvalue weighted by molar-refractivity contribution is 0.0127. The number of amides is 1. The molecule has 0 fully saturated rings. The van der Waals surface area contributed by atoms with Gasteiger partial charge in [0.25, 0.3) is 0 Å². The molecule has 2 atom stereocenters. The molecule has 0 aliphatic heterocycles. The highest BCUT2D eigenvalue weighted by Crippen LogP contribution is 2.25. The van der Waals surface area contributed by atoms with Crippen LogP contribution < -0.4 is 11.1 Å². The number of rotatable bonds is 5. The summed E-state index contributed by atoms with van der Waals surface area (Å²) in [6.45, 7) is 5.37. The van der Waals surface area contributed by atoms with Gasteiger partial charge in [0.05, 0.1) is 17.7 Å². The standard InChI is InChI=1S/C16H23N3O4/c1-16(2,3)23-15(22)19-7-6-13(20)14(21)11-8-10(9-17)4-5-12(11)18/h4-5,8,13-14,20-21H,6-7,18H2,1-3H3,(H,19,22). The number of carbonyl (C=O) groups excluding carboxylic acids is 1. The molecule has 2 unspecified atom stereocenters. The molecule has 1 aromatic carbocycles. The highest BCUT2D eigenvalue weighted by atomic mass is 16.6. The molecule has 0 spiro atoms. The monoisotopic (exact) mass is 321 g/mol. The highest BCUT2D eigenvalue weighted by Gasteiger charge is 2.22. The van der Waals surface area contributed by atoms with E-state index in [9.17, 15) is 15.0 Å². The van der Waals surface area contributed by atoms with Crippen LogP contribution in [0.5, 0.6) is 0 Å². The third-order valence-electron chi connectivity index (χ3n) is 3.01. The second-order valence-electron chi connectivity index (χ2n) is 6.19. The lowest BCUT2D eigenvalue weighted by atomic mass is 9.98. The van der Waals surface area contributed by atoms with Crippen molar-refractivity contribution in [1.29, 1.82) is 5.26 Å². The summed E-state index contributed by atoms with van der Waals surface area (Å²) in [4.78, 5) is 11.5. The number of nitrogens with zero attached hydrogens (tertiary/aromatic N) is 1. The van der Waals surface area contributed by atoms with Crippen LogP contribution in [0.3, 0.4) is 0 Å². The molecule has 0 aliphatic carbocycles. The predicted molar refractivity (Wildman–Crippen MR) is 85.4 cm³/mol. The van der Waals surface area contributed by atoms with Gasteiger partial charge in [0.15, 0.2) is 0 Å². The van der Waals surface area contributed by atoms with E-state index in [0.29, 0.717) is 5.56 Å². The average molecular weight is 321 g/mol. The van der Waals surface area contributed by atoms with Gasteiger partial charge in [-0.2, -0.15) is 5.26 Å². The number of alkyl carbamates (subject to hydrolysis) is 1. The lowest BCUT2D eigenvalue weighted by Gasteiger charge is -2.22. The second-order valence-corrected chi connectivity index (χ2v) is 6.19. The van der Waals surface area contributed by atoms with Gasteiger partial charge in [-0.15, -0.1) is 0 Å². The van der Waals surface area contributed by atoms with Gasteiger partial charge in [0.1, 0.15) is 11.7 Å². The predicted octanol–water partition coefficient (Wildman–Crippen LogP) is 1.45. The number of nitriles is 1. The Morgan fingerprint density at radius 2 is 2.09 bits per heavy atom. The molecule has 7 heteroatoms. The first-order valence-electron chi connectivity index (χ1n) is 7.26. The van der Waals surface area contributed by atoms with Crippen molar-refractivity contribution in [1.82, 2.24) is 5.32 Å². The van der Waals surface area contributed by atoms with Crippen LogP contribution in [0.15, 0.2) is 18.2 Å². The van der Waals surface area contributed by atoms with Crippen molar-refractivity contribution in [3.63, 3.8) is 0 Å². The van der Waals surface area contributed by atoms with Crippen LogP contribution in [-0.4, -0.2) is 34.6 Å². The maximum atomic E-state index is 11.5. The van der Waals surface area contributed by atoms with Gasteiger partial charge in [0.2, 0.25) is 0 Å². The Hall–Kier alpha value is -2.30. The molecule has 0 radical (unpaired) electrons. The Labute approximate surface area is 135 Å². The SMILES string of the molecule is CC(C)(C)OC(=O)NCCC(O)C(O)c1cc(C#N)ccc1N. The summed E-state index contributed by atoms with van der Waals surface area (Å²) >= 11 is 0. The van der Waals surface area contributed by atoms with E-state index in [1.165, 1.54) is 18.2 Å². The molecule has 1 aromatic rings. The van der Waals surface area contributed by atoms with Crippen LogP contribution in [0.2, 0.25) is 0 Å². The van der Waals surface area contributed by atoms with Crippen LogP contribution in [0.25, 0.3) is 0 Å². The third kappa shape index (κ3) is 6.14. The molecule has 0 saturated carbocycles. The molecule has 1 amide bonds. The molecule has 0 saturated heterocycles. The topological polar surface area (TPSA) is 129 Å². The summed E-state index contributed by atoms with van der Waals surface area (Å²) in [5.74, 6) is 0. The summed E-state index contributed by atoms with van der Waals surface area (Å²) in [7, 11) is 0. The smallest absolute Gasteiger partial charge is 0.407 e. The number of hydrogen-bond acceptors (Lipinski definition) is 6. The number of carbonyl (C=O) groups is 1. The van der Waals surface area contributed by atoms with E-state index in [1.54, 1.807) is 20.8 Å². The molecule has 5 N–H and O–H groups in total. The van der Waals surface area contributed by atoms with Crippen molar-refractivity contribution in [2.24, 2.45) is 0 Å². The Morgan fingerprint density at radius 3 is 2.65 bits per heavy atom. The number of aliphatic hydroxyl groups is 2. The Bertz CT molecular complexity index is 590. The van der Waals surface area contributed by atoms with Gasteiger partial charge >= 0.3 is 6.09 Å². The first kappa shape index (κ1) is 18.7. The lowest BCUT2D eigenvalue weighted by Crippen LogP contribution is -2.34. The van der Waals surface area contributed by atoms with Gasteiger partial charge in [0, 0.05) is 17.8 Å². The van der Waals surface area contributed by atoms with Crippen molar-refractivity contribution >= 4 is 11.8 Å². The minimum Gasteiger partial charge on any atom is -0.444 e. The first-order valence-corrected chi connectivity index (χ1v) is 7.26. The third-order valence-corrected chi connectivity index (χ3v) is 3.01. The fourth-order valence-electron chi connectivity index (χ4n) is 1.90. The number of anilines is 1. The summed E-state index contributed by atoms with van der Waals surface area (Å²) in [5, 5.41) is 31.6. The number of ether oxygens (including phenoxy) is 1. The van der Waals surface area contributed by atoms with Crippen LogP contribution in [0, 0.1) is 11.3 Å². The molecular weight excluding hydrogens is 298 g/mol. The molecule has 126 valence electrons. The molecular formula is C16H23N3O4. The Balaban J connectivity index is 2.57. The van der Waals surface area contributed by atoms with E-state index in [0.717, 1.165) is 0 Å². The molecule has 1 rings (SSSR count). The zero-order valence-corrected chi connectivity index (χ0v) is 13.5. The largest absolute Gasteiger partial charge is 0.444 e. The molecule has 0 aromatic heterocycles. The van der Waals surface area contributed by atoms with Gasteiger partial charge in [-0.25, -0.2) is 4.79 Å². The van der Waals surface area contributed by atoms with Gasteiger partial charge in [-0.3, -0.25) is 0 Å². The van der Waals surface area contributed by atoms with Gasteiger partial charge in [-0.1, -0.05) is 0 Å². The van der Waals surface area contributed by atoms with Gasteiger partial charge in [-0.05, 0) is 45.4 Å². The van der Waals surface area contributed by atoms with Crippen molar-refractivity contribution < 1.29 is 19.7 Å². The fraction of sp³-hybridized carbons (Fsp3) is 0.500. The normalized spacial score (nSPS) is 13.7. The van der Waals surface area contributed by atoms with Gasteiger partial charge < -0.3 is 26.0 Å². The zero-order chi connectivity index (χ0) is 17.6. The van der Waals surface area contributed by atoms with Crippen LogP contribution in [0.1, 0.15) is 44.4 Å². The van der Waals surface area contributed by atoms with E-state index in [4.69, 9.17) is 15.7 Å². The van der Waals surface area contributed by atoms with E-state index in [1.807, 2.05) is 6.07 Å². The van der Waals surface area contributed by atoms with Crippen LogP contribution in [-0.2, 0) is 4.74 Å². The summed E-state index contributed by atoms with van der Waals surface area (Å²) in [5.41, 5.74) is 6.07. The number of nitrogens with two attached hydrogens (primary N) is 1. The van der Waals surface area contributed by atoms with Crippen molar-refractivity contribution in [2.45, 2.75) is 45.0 Å². The van der Waals surface area contributed by atoms with E-state index < -0.39 is 23.9 Å². The van der Waals surface area contributed by atoms with E-state index in [-0.39, 0.29) is 24.2 Å². The van der Waals surface area contributed by atoms with Crippen LogP contribution >= 0.6 is 0 Å². The van der Waals surface area contributed by atoms with E-state index >= 15 is 0 Å². The number of nitrogen functional groups attached to an aromatic ring is 1. The number of nitrogens with one attached hydrogen (secondary N) is 1. The Morgan fingerprint density at radius 1 is 1.43 bits per heavy atom. The summed E-state index contributed by atoms with van der Waals surface area (Å²) in [6, 6.07) is 6.41. The number of aliphatic hydroxyl groups excluding tert-OH is 2. The van der Waals surface area contributed by atoms with Crippen molar-refractivity contribution in [2.75, 3.05) is 12.3 Å². The molecule has 0 heterocycles. The minimum absolute atomic E-state index is 0.108. The minimum atomic E-state index is -1.25. The second kappa shape index (κ2) is 7.81. The molecule has 7 nitrogen and oxygen atoms in total. The molecule has 0 bridgehead atoms. The quantitative estimate of drug-likeness (QED) is 0.608. The summed E-state index contributed by atoms with van der Waals surface area (Å²) in [6.07, 6.45) is -2.87. The zero-order valence-electron chi connectivity index (χ0n) is 13.5. The maximum Gasteiger partial charge on any atom is 0.407 e. The van der Waals surface area contributed by atoms with Crippen LogP contribution in [0.4, 0.5) is 10.5 Å². The van der Waals surface area contributed by atoms with E-state index in [2.05, 4.69) is 5.32 Å². The highest BCUT2D eigenvalue weighted by molar-refractivity contribution is 5.67. The van der Waals surface area contributed by atoms with Crippen molar-refractivity contribution in [3.05, 3.63) is 29.3 Å². The average Bonchev–Trinajstić information content (AvgIpc) is 2.45. The van der Waals surface area contributed by atoms with Crippen molar-refractivity contribution in [3.8, 4) is 6.07 Å². The Kier molecular flexibility index (Phi) is 6.37. The number of benzene rings is 1. The summed E-state index contributed by atoms with van der Waals surface area (Å²) < 4.78 is 5.06. The maximum absolute atomic E-state index is 11.5. The molecule has 23 heavy (non-hydrogen) atoms. The first-order chi connectivity index (χ1) is 10.6. The fourth-order valence-corrected chi connectivity index (χ4v) is 1.90. The number of hydrogen-bond donors (Lipinski definition) is 4. The molecule has 0 aliphatic rings.